The summed E-state index contributed by atoms with van der Waals surface area (Å²) in [6.45, 7) is 8.12. The minimum atomic E-state index is 0.452. The molecule has 1 aliphatic carbocycles. The molecule has 0 amide bonds. The van der Waals surface area contributed by atoms with Gasteiger partial charge < -0.3 is 9.30 Å². The molecule has 0 aliphatic heterocycles. The molecular weight excluding hydrogens is 334 g/mol. The summed E-state index contributed by atoms with van der Waals surface area (Å²) in [5.41, 5.74) is 4.67. The number of nitrogens with zero attached hydrogens (tertiary/aromatic N) is 3. The Bertz CT molecular complexity index is 917. The van der Waals surface area contributed by atoms with Crippen LogP contribution in [0, 0.1) is 25.7 Å². The van der Waals surface area contributed by atoms with Crippen molar-refractivity contribution in [1.29, 1.82) is 0 Å². The molecule has 4 rings (SSSR count). The van der Waals surface area contributed by atoms with Crippen LogP contribution < -0.4 is 4.74 Å². The Kier molecular flexibility index (Phi) is 4.16. The van der Waals surface area contributed by atoms with Crippen LogP contribution in [0.15, 0.2) is 30.5 Å². The van der Waals surface area contributed by atoms with Crippen molar-refractivity contribution < 1.29 is 4.74 Å². The molecule has 3 aromatic rings. The molecule has 2 heterocycles. The Labute approximate surface area is 152 Å². The van der Waals surface area contributed by atoms with Crippen molar-refractivity contribution in [2.45, 2.75) is 40.3 Å². The van der Waals surface area contributed by atoms with Crippen LogP contribution >= 0.6 is 11.6 Å². The van der Waals surface area contributed by atoms with Crippen LogP contribution in [-0.2, 0) is 13.2 Å². The van der Waals surface area contributed by atoms with Crippen LogP contribution in [-0.4, -0.2) is 14.8 Å². The van der Waals surface area contributed by atoms with Crippen LogP contribution in [0.3, 0.4) is 0 Å². The summed E-state index contributed by atoms with van der Waals surface area (Å²) in [6, 6.07) is 7.69. The molecule has 2 aromatic heterocycles. The van der Waals surface area contributed by atoms with Gasteiger partial charge in [-0.25, -0.2) is 0 Å². The van der Waals surface area contributed by atoms with Gasteiger partial charge in [0.15, 0.2) is 0 Å². The van der Waals surface area contributed by atoms with Gasteiger partial charge in [0.2, 0.25) is 0 Å². The summed E-state index contributed by atoms with van der Waals surface area (Å²) in [5.74, 6) is 2.17. The van der Waals surface area contributed by atoms with Crippen LogP contribution in [0.4, 0.5) is 0 Å². The molecule has 2 atom stereocenters. The van der Waals surface area contributed by atoms with Gasteiger partial charge in [0, 0.05) is 22.6 Å². The van der Waals surface area contributed by atoms with E-state index in [2.05, 4.69) is 35.5 Å². The number of fused-ring (bicyclic) bond motifs is 1. The molecule has 25 heavy (non-hydrogen) atoms. The average molecular weight is 356 g/mol. The van der Waals surface area contributed by atoms with E-state index in [-0.39, 0.29) is 0 Å². The third-order valence-corrected chi connectivity index (χ3v) is 5.65. The maximum absolute atomic E-state index is 6.05. The lowest BCUT2D eigenvalue weighted by Gasteiger charge is -2.11. The summed E-state index contributed by atoms with van der Waals surface area (Å²) in [7, 11) is 0. The van der Waals surface area contributed by atoms with E-state index in [4.69, 9.17) is 16.3 Å². The fourth-order valence-electron chi connectivity index (χ4n) is 3.41. The van der Waals surface area contributed by atoms with E-state index in [1.807, 2.05) is 30.5 Å². The number of aryl methyl sites for hydroxylation is 1. The topological polar surface area (TPSA) is 39.9 Å². The zero-order valence-electron chi connectivity index (χ0n) is 14.8. The van der Waals surface area contributed by atoms with E-state index in [0.29, 0.717) is 12.5 Å². The number of rotatable bonds is 5. The number of ether oxygens (including phenoxy) is 1. The fraction of sp³-hybridized carbons (Fsp3) is 0.400. The molecule has 1 fully saturated rings. The summed E-state index contributed by atoms with van der Waals surface area (Å²) >= 11 is 5.95. The smallest absolute Gasteiger partial charge is 0.258 e. The van der Waals surface area contributed by atoms with E-state index >= 15 is 0 Å². The van der Waals surface area contributed by atoms with Crippen molar-refractivity contribution in [3.8, 4) is 5.88 Å². The maximum atomic E-state index is 6.05. The van der Waals surface area contributed by atoms with Crippen molar-refractivity contribution in [2.75, 3.05) is 0 Å². The number of hydrogen-bond acceptors (Lipinski definition) is 3. The molecular formula is C20H22ClN3O. The predicted octanol–water partition coefficient (Wildman–Crippen LogP) is 4.94. The zero-order chi connectivity index (χ0) is 17.6. The van der Waals surface area contributed by atoms with Crippen molar-refractivity contribution >= 4 is 22.5 Å². The molecule has 5 heteroatoms. The average Bonchev–Trinajstić information content (AvgIpc) is 3.26. The third kappa shape index (κ3) is 3.11. The van der Waals surface area contributed by atoms with Crippen molar-refractivity contribution in [3.05, 3.63) is 52.3 Å². The van der Waals surface area contributed by atoms with Gasteiger partial charge in [0.25, 0.3) is 5.88 Å². The Balaban J connectivity index is 1.68. The van der Waals surface area contributed by atoms with Gasteiger partial charge in [-0.3, -0.25) is 0 Å². The summed E-state index contributed by atoms with van der Waals surface area (Å²) < 4.78 is 8.41. The molecule has 0 N–H and O–H groups in total. The largest absolute Gasteiger partial charge is 0.470 e. The van der Waals surface area contributed by atoms with Gasteiger partial charge in [0.1, 0.15) is 12.1 Å². The number of benzene rings is 1. The molecule has 2 unspecified atom stereocenters. The first-order valence-electron chi connectivity index (χ1n) is 8.73. The summed E-state index contributed by atoms with van der Waals surface area (Å²) in [4.78, 5) is 0. The molecule has 1 aromatic carbocycles. The molecule has 0 bridgehead atoms. The molecule has 0 saturated heterocycles. The number of aromatic nitrogens is 3. The number of halogens is 1. The van der Waals surface area contributed by atoms with E-state index in [1.165, 1.54) is 17.7 Å². The van der Waals surface area contributed by atoms with E-state index in [9.17, 15) is 0 Å². The first-order chi connectivity index (χ1) is 12.0. The van der Waals surface area contributed by atoms with Crippen LogP contribution in [0.2, 0.25) is 5.02 Å². The summed E-state index contributed by atoms with van der Waals surface area (Å²) in [5, 5.41) is 10.3. The Morgan fingerprint density at radius 3 is 2.64 bits per heavy atom. The molecule has 4 nitrogen and oxygen atoms in total. The van der Waals surface area contributed by atoms with E-state index in [0.717, 1.165) is 39.9 Å². The van der Waals surface area contributed by atoms with Crippen molar-refractivity contribution in [2.24, 2.45) is 11.8 Å². The van der Waals surface area contributed by atoms with Crippen LogP contribution in [0.5, 0.6) is 5.88 Å². The molecule has 0 spiro atoms. The van der Waals surface area contributed by atoms with E-state index in [1.54, 1.807) is 0 Å². The number of hydrogen-bond donors (Lipinski definition) is 0. The first-order valence-corrected chi connectivity index (χ1v) is 9.10. The van der Waals surface area contributed by atoms with Crippen LogP contribution in [0.25, 0.3) is 10.9 Å². The van der Waals surface area contributed by atoms with Crippen molar-refractivity contribution in [3.63, 3.8) is 0 Å². The quantitative estimate of drug-likeness (QED) is 0.651. The lowest BCUT2D eigenvalue weighted by Crippen LogP contribution is -2.06. The minimum Gasteiger partial charge on any atom is -0.470 e. The van der Waals surface area contributed by atoms with Gasteiger partial charge in [-0.2, -0.15) is 5.10 Å². The van der Waals surface area contributed by atoms with Gasteiger partial charge in [-0.05, 0) is 55.4 Å². The minimum absolute atomic E-state index is 0.452. The fourth-order valence-corrected chi connectivity index (χ4v) is 3.53. The highest BCUT2D eigenvalue weighted by molar-refractivity contribution is 6.30. The van der Waals surface area contributed by atoms with Crippen LogP contribution in [0.1, 0.15) is 30.2 Å². The van der Waals surface area contributed by atoms with Gasteiger partial charge in [-0.1, -0.05) is 30.7 Å². The monoisotopic (exact) mass is 355 g/mol. The van der Waals surface area contributed by atoms with Crippen molar-refractivity contribution in [1.82, 2.24) is 14.8 Å². The van der Waals surface area contributed by atoms with E-state index < -0.39 is 0 Å². The highest BCUT2D eigenvalue weighted by atomic mass is 35.5. The Morgan fingerprint density at radius 2 is 1.96 bits per heavy atom. The van der Waals surface area contributed by atoms with Gasteiger partial charge in [-0.15, -0.1) is 5.10 Å². The lowest BCUT2D eigenvalue weighted by molar-refractivity contribution is 0.293. The normalized spacial score (nSPS) is 19.4. The Hall–Kier alpha value is -2.07. The summed E-state index contributed by atoms with van der Waals surface area (Å²) in [6.07, 6.45) is 3.15. The second-order valence-corrected chi connectivity index (χ2v) is 7.56. The predicted molar refractivity (Wildman–Crippen MR) is 100 cm³/mol. The SMILES string of the molecule is Cc1c(C)n(CC2CC2C)c2c(OCc3ccc(Cl)cc3)nncc12. The Morgan fingerprint density at radius 1 is 1.24 bits per heavy atom. The first kappa shape index (κ1) is 16.4. The van der Waals surface area contributed by atoms with Gasteiger partial charge in [0.05, 0.1) is 6.20 Å². The highest BCUT2D eigenvalue weighted by Crippen LogP contribution is 2.41. The standard InChI is InChI=1S/C20H22ClN3O/c1-12-8-16(12)10-24-14(3)13(2)18-9-22-23-20(19(18)24)25-11-15-4-6-17(21)7-5-15/h4-7,9,12,16H,8,10-11H2,1-3H3. The second-order valence-electron chi connectivity index (χ2n) is 7.12. The molecule has 130 valence electrons. The third-order valence-electron chi connectivity index (χ3n) is 5.40. The lowest BCUT2D eigenvalue weighted by atomic mass is 10.2. The van der Waals surface area contributed by atoms with Gasteiger partial charge >= 0.3 is 0 Å². The molecule has 0 radical (unpaired) electrons. The molecule has 1 saturated carbocycles. The zero-order valence-corrected chi connectivity index (χ0v) is 15.5. The highest BCUT2D eigenvalue weighted by Gasteiger charge is 2.34. The molecule has 1 aliphatic rings. The maximum Gasteiger partial charge on any atom is 0.258 e. The second kappa shape index (κ2) is 6.34.